The molecule has 2 N–H and O–H groups in total. The van der Waals surface area contributed by atoms with E-state index in [1.54, 1.807) is 17.5 Å². The molecule has 7 heteroatoms. The molecule has 32 heavy (non-hydrogen) atoms. The number of H-pyrrole nitrogens is 1. The number of pyridine rings is 1. The first-order valence-electron chi connectivity index (χ1n) is 10.8. The Morgan fingerprint density at radius 2 is 2.03 bits per heavy atom. The summed E-state index contributed by atoms with van der Waals surface area (Å²) in [5.74, 6) is 0. The summed E-state index contributed by atoms with van der Waals surface area (Å²) in [6.07, 6.45) is 5.44. The van der Waals surface area contributed by atoms with Gasteiger partial charge in [-0.15, -0.1) is 11.3 Å². The number of fused-ring (bicyclic) bond motifs is 1. The van der Waals surface area contributed by atoms with Crippen LogP contribution in [0.4, 0.5) is 11.4 Å². The molecule has 1 aromatic carbocycles. The smallest absolute Gasteiger partial charge is 0.103 e. The van der Waals surface area contributed by atoms with Crippen LogP contribution in [0, 0.1) is 18.3 Å². The molecular formula is C25H26N6S. The maximum atomic E-state index is 9.78. The lowest BCUT2D eigenvalue weighted by Crippen LogP contribution is -2.43. The normalized spacial score (nSPS) is 15.2. The maximum Gasteiger partial charge on any atom is 0.103 e. The number of hydrogen-bond donors (Lipinski definition) is 2. The molecular weight excluding hydrogens is 416 g/mol. The summed E-state index contributed by atoms with van der Waals surface area (Å²) in [7, 11) is 2.18. The lowest BCUT2D eigenvalue weighted by molar-refractivity contribution is 0.149. The van der Waals surface area contributed by atoms with Gasteiger partial charge in [0.15, 0.2) is 0 Å². The van der Waals surface area contributed by atoms with Gasteiger partial charge >= 0.3 is 0 Å². The fraction of sp³-hybridized carbons (Fsp3) is 0.280. The van der Waals surface area contributed by atoms with Crippen molar-refractivity contribution >= 4 is 33.6 Å². The number of aromatic amines is 1. The highest BCUT2D eigenvalue weighted by Gasteiger charge is 2.17. The highest BCUT2D eigenvalue weighted by Crippen LogP contribution is 2.37. The monoisotopic (exact) mass is 442 g/mol. The number of nitriles is 1. The predicted octanol–water partition coefficient (Wildman–Crippen LogP) is 4.96. The second-order valence-electron chi connectivity index (χ2n) is 8.40. The van der Waals surface area contributed by atoms with E-state index in [4.69, 9.17) is 0 Å². The average Bonchev–Trinajstić information content (AvgIpc) is 3.47. The molecule has 0 radical (unpaired) electrons. The van der Waals surface area contributed by atoms with Crippen molar-refractivity contribution in [2.24, 2.45) is 0 Å². The van der Waals surface area contributed by atoms with Gasteiger partial charge in [0.1, 0.15) is 6.07 Å². The minimum atomic E-state index is 0.544. The Bertz CT molecular complexity index is 1290. The van der Waals surface area contributed by atoms with Crippen LogP contribution >= 0.6 is 11.3 Å². The molecule has 4 aromatic rings. The summed E-state index contributed by atoms with van der Waals surface area (Å²) in [6.45, 7) is 7.50. The van der Waals surface area contributed by atoms with E-state index < -0.39 is 0 Å². The Kier molecular flexibility index (Phi) is 5.66. The highest BCUT2D eigenvalue weighted by molar-refractivity contribution is 7.10. The number of nitrogens with zero attached hydrogens (tertiary/aromatic N) is 4. The Morgan fingerprint density at radius 1 is 1.19 bits per heavy atom. The van der Waals surface area contributed by atoms with Crippen LogP contribution in [0.2, 0.25) is 0 Å². The number of benzene rings is 1. The number of rotatable bonds is 5. The van der Waals surface area contributed by atoms with Crippen LogP contribution in [0.3, 0.4) is 0 Å². The van der Waals surface area contributed by atoms with E-state index in [1.807, 2.05) is 12.4 Å². The first kappa shape index (κ1) is 20.7. The van der Waals surface area contributed by atoms with Gasteiger partial charge in [0.25, 0.3) is 0 Å². The summed E-state index contributed by atoms with van der Waals surface area (Å²) in [5, 5.41) is 16.7. The van der Waals surface area contributed by atoms with E-state index in [-0.39, 0.29) is 0 Å². The van der Waals surface area contributed by atoms with E-state index in [9.17, 15) is 5.26 Å². The quantitative estimate of drug-likeness (QED) is 0.457. The largest absolute Gasteiger partial charge is 0.361 e. The molecule has 4 heterocycles. The van der Waals surface area contributed by atoms with Crippen molar-refractivity contribution in [1.82, 2.24) is 19.8 Å². The van der Waals surface area contributed by atoms with Crippen molar-refractivity contribution in [2.45, 2.75) is 13.5 Å². The van der Waals surface area contributed by atoms with Crippen LogP contribution in [0.1, 0.15) is 16.0 Å². The molecule has 1 saturated heterocycles. The molecule has 0 atom stereocenters. The third kappa shape index (κ3) is 4.00. The average molecular weight is 443 g/mol. The molecule has 1 aliphatic rings. The SMILES string of the molecule is Cc1c(Nc2c(C#N)cncc2-c2csc(CN3CCN(C)CC3)c2)ccc2[nH]ccc12. The topological polar surface area (TPSA) is 71.0 Å². The fourth-order valence-electron chi connectivity index (χ4n) is 4.28. The predicted molar refractivity (Wildman–Crippen MR) is 131 cm³/mol. The number of anilines is 2. The van der Waals surface area contributed by atoms with Gasteiger partial charge < -0.3 is 15.2 Å². The van der Waals surface area contributed by atoms with Crippen LogP contribution in [0.5, 0.6) is 0 Å². The van der Waals surface area contributed by atoms with Gasteiger partial charge in [-0.2, -0.15) is 5.26 Å². The zero-order valence-corrected chi connectivity index (χ0v) is 19.2. The van der Waals surface area contributed by atoms with E-state index in [2.05, 4.69) is 74.8 Å². The molecule has 5 rings (SSSR count). The number of piperazine rings is 1. The number of nitrogens with one attached hydrogen (secondary N) is 2. The van der Waals surface area contributed by atoms with Crippen LogP contribution in [0.25, 0.3) is 22.0 Å². The van der Waals surface area contributed by atoms with E-state index in [0.29, 0.717) is 5.56 Å². The molecule has 162 valence electrons. The van der Waals surface area contributed by atoms with Gasteiger partial charge in [0, 0.05) is 78.3 Å². The zero-order valence-electron chi connectivity index (χ0n) is 18.4. The third-order valence-electron chi connectivity index (χ3n) is 6.27. The van der Waals surface area contributed by atoms with Gasteiger partial charge in [-0.1, -0.05) is 0 Å². The molecule has 0 amide bonds. The minimum absolute atomic E-state index is 0.544. The van der Waals surface area contributed by atoms with Crippen molar-refractivity contribution in [3.8, 4) is 17.2 Å². The second kappa shape index (κ2) is 8.75. The summed E-state index contributed by atoms with van der Waals surface area (Å²) < 4.78 is 0. The summed E-state index contributed by atoms with van der Waals surface area (Å²) in [4.78, 5) is 13.8. The summed E-state index contributed by atoms with van der Waals surface area (Å²) in [5.41, 5.74) is 6.66. The van der Waals surface area contributed by atoms with Crippen molar-refractivity contribution < 1.29 is 0 Å². The van der Waals surface area contributed by atoms with Crippen LogP contribution in [-0.2, 0) is 6.54 Å². The molecule has 0 aliphatic carbocycles. The van der Waals surface area contributed by atoms with Gasteiger partial charge in [-0.25, -0.2) is 0 Å². The Morgan fingerprint density at radius 3 is 2.84 bits per heavy atom. The zero-order chi connectivity index (χ0) is 22.1. The number of likely N-dealkylation sites (N-methyl/N-ethyl adjacent to an activating group) is 1. The lowest BCUT2D eigenvalue weighted by atomic mass is 10.0. The number of thiophene rings is 1. The van der Waals surface area contributed by atoms with Gasteiger partial charge in [-0.05, 0) is 54.7 Å². The number of aromatic nitrogens is 2. The molecule has 0 unspecified atom stereocenters. The fourth-order valence-corrected chi connectivity index (χ4v) is 5.21. The van der Waals surface area contributed by atoms with Crippen molar-refractivity contribution in [1.29, 1.82) is 5.26 Å². The minimum Gasteiger partial charge on any atom is -0.361 e. The van der Waals surface area contributed by atoms with Gasteiger partial charge in [0.05, 0.1) is 11.3 Å². The molecule has 0 spiro atoms. The first-order chi connectivity index (χ1) is 15.6. The Balaban J connectivity index is 1.46. The number of aryl methyl sites for hydroxylation is 1. The Hall–Kier alpha value is -3.18. The van der Waals surface area contributed by atoms with Crippen molar-refractivity contribution in [2.75, 3.05) is 38.5 Å². The van der Waals surface area contributed by atoms with E-state index in [0.717, 1.165) is 66.3 Å². The Labute approximate surface area is 192 Å². The lowest BCUT2D eigenvalue weighted by Gasteiger charge is -2.31. The molecule has 0 saturated carbocycles. The van der Waals surface area contributed by atoms with Crippen LogP contribution in [0.15, 0.2) is 48.2 Å². The van der Waals surface area contributed by atoms with Crippen LogP contribution < -0.4 is 5.32 Å². The van der Waals surface area contributed by atoms with Crippen molar-refractivity contribution in [3.63, 3.8) is 0 Å². The first-order valence-corrected chi connectivity index (χ1v) is 11.7. The standard InChI is InChI=1S/C25H26N6S/c1-17-21-5-6-28-24(21)4-3-23(17)29-25-19(12-26)13-27-14-22(25)18-11-20(32-16-18)15-31-9-7-30(2)8-10-31/h3-6,11,13-14,16,28H,7-10,15H2,1-2H3,(H,27,29). The maximum absolute atomic E-state index is 9.78. The molecule has 3 aromatic heterocycles. The second-order valence-corrected chi connectivity index (χ2v) is 9.40. The molecule has 1 fully saturated rings. The molecule has 6 nitrogen and oxygen atoms in total. The summed E-state index contributed by atoms with van der Waals surface area (Å²) in [6, 6.07) is 10.8. The highest BCUT2D eigenvalue weighted by atomic mass is 32.1. The van der Waals surface area contributed by atoms with E-state index in [1.165, 1.54) is 10.3 Å². The van der Waals surface area contributed by atoms with Gasteiger partial charge in [-0.3, -0.25) is 9.88 Å². The molecule has 0 bridgehead atoms. The van der Waals surface area contributed by atoms with E-state index >= 15 is 0 Å². The van der Waals surface area contributed by atoms with Gasteiger partial charge in [0.2, 0.25) is 0 Å². The third-order valence-corrected chi connectivity index (χ3v) is 7.19. The van der Waals surface area contributed by atoms with Crippen LogP contribution in [-0.4, -0.2) is 53.0 Å². The summed E-state index contributed by atoms with van der Waals surface area (Å²) >= 11 is 1.78. The molecule has 1 aliphatic heterocycles. The number of hydrogen-bond acceptors (Lipinski definition) is 6. The van der Waals surface area contributed by atoms with Crippen molar-refractivity contribution in [3.05, 3.63) is 64.2 Å².